The lowest BCUT2D eigenvalue weighted by Crippen LogP contribution is -2.11. The third-order valence-corrected chi connectivity index (χ3v) is 7.13. The molecule has 1 aliphatic rings. The fourth-order valence-corrected chi connectivity index (χ4v) is 5.36. The number of carbonyl (C=O) groups is 1. The van der Waals surface area contributed by atoms with Crippen LogP contribution in [-0.4, -0.2) is 25.9 Å². The largest absolute Gasteiger partial charge is 0.457 e. The highest BCUT2D eigenvalue weighted by atomic mass is 79.9. The molecule has 1 atom stereocenters. The van der Waals surface area contributed by atoms with Crippen LogP contribution in [-0.2, 0) is 11.2 Å². The molecule has 3 heterocycles. The average Bonchev–Trinajstić information content (AvgIpc) is 3.42. The molecule has 3 aromatic rings. The first-order valence-electron chi connectivity index (χ1n) is 8.76. The molecule has 0 radical (unpaired) electrons. The van der Waals surface area contributed by atoms with Crippen LogP contribution in [0.1, 0.15) is 28.6 Å². The van der Waals surface area contributed by atoms with E-state index >= 15 is 0 Å². The van der Waals surface area contributed by atoms with Gasteiger partial charge in [0.2, 0.25) is 0 Å². The van der Waals surface area contributed by atoms with Gasteiger partial charge in [0.1, 0.15) is 27.5 Å². The lowest BCUT2D eigenvalue weighted by atomic mass is 10.1. The van der Waals surface area contributed by atoms with E-state index in [4.69, 9.17) is 9.83 Å². The number of benzene rings is 1. The molecule has 2 aromatic heterocycles. The van der Waals surface area contributed by atoms with Crippen molar-refractivity contribution in [1.29, 1.82) is 5.41 Å². The van der Waals surface area contributed by atoms with Gasteiger partial charge in [-0.05, 0) is 46.6 Å². The lowest BCUT2D eigenvalue weighted by Gasteiger charge is -2.01. The average molecular weight is 505 g/mol. The molecule has 11 heteroatoms. The van der Waals surface area contributed by atoms with Gasteiger partial charge in [0.25, 0.3) is 5.69 Å². The maximum atomic E-state index is 12.8. The maximum absolute atomic E-state index is 12.8. The first-order chi connectivity index (χ1) is 14.4. The number of nitro benzene ring substituents is 1. The number of rotatable bonds is 5. The van der Waals surface area contributed by atoms with Crippen molar-refractivity contribution in [3.63, 3.8) is 0 Å². The van der Waals surface area contributed by atoms with Crippen molar-refractivity contribution in [3.05, 3.63) is 65.6 Å². The summed E-state index contributed by atoms with van der Waals surface area (Å²) in [6, 6.07) is 7.84. The summed E-state index contributed by atoms with van der Waals surface area (Å²) >= 11 is 5.77. The molecule has 1 N–H and O–H groups in total. The Hall–Kier alpha value is -2.63. The third kappa shape index (κ3) is 3.87. The van der Waals surface area contributed by atoms with Crippen LogP contribution in [0.4, 0.5) is 5.69 Å². The van der Waals surface area contributed by atoms with Crippen LogP contribution in [0.2, 0.25) is 0 Å². The van der Waals surface area contributed by atoms with Crippen molar-refractivity contribution in [2.45, 2.75) is 19.3 Å². The Morgan fingerprint density at radius 1 is 1.33 bits per heavy atom. The van der Waals surface area contributed by atoms with E-state index in [1.54, 1.807) is 24.3 Å². The minimum atomic E-state index is -0.711. The van der Waals surface area contributed by atoms with E-state index in [0.717, 1.165) is 23.2 Å². The van der Waals surface area contributed by atoms with Gasteiger partial charge in [0.15, 0.2) is 5.78 Å². The predicted octanol–water partition coefficient (Wildman–Crippen LogP) is 5.45. The van der Waals surface area contributed by atoms with Gasteiger partial charge in [0, 0.05) is 22.2 Å². The number of hydrogen-bond donors (Lipinski definition) is 1. The molecule has 1 saturated heterocycles. The van der Waals surface area contributed by atoms with E-state index in [2.05, 4.69) is 26.1 Å². The molecule has 0 saturated carbocycles. The van der Waals surface area contributed by atoms with Crippen LogP contribution in [0.3, 0.4) is 0 Å². The fraction of sp³-hybridized carbons (Fsp3) is 0.158. The monoisotopic (exact) mass is 504 g/mol. The number of allylic oxidation sites excluding steroid dienone is 1. The molecule has 1 fully saturated rings. The lowest BCUT2D eigenvalue weighted by molar-refractivity contribution is -0.384. The Kier molecular flexibility index (Phi) is 5.67. The van der Waals surface area contributed by atoms with Crippen molar-refractivity contribution in [2.24, 2.45) is 0 Å². The number of aromatic nitrogens is 2. The summed E-state index contributed by atoms with van der Waals surface area (Å²) in [5.74, 6) is 0.0454. The van der Waals surface area contributed by atoms with Gasteiger partial charge in [0.05, 0.1) is 14.9 Å². The molecular weight excluding hydrogens is 492 g/mol. The summed E-state index contributed by atoms with van der Waals surface area (Å²) in [7, 11) is 0. The molecule has 0 unspecified atom stereocenters. The number of ketones is 1. The number of halogens is 1. The molecule has 4 rings (SSSR count). The zero-order valence-electron chi connectivity index (χ0n) is 15.4. The van der Waals surface area contributed by atoms with Gasteiger partial charge in [-0.15, -0.1) is 21.5 Å². The van der Waals surface area contributed by atoms with E-state index in [0.29, 0.717) is 31.5 Å². The SMILES string of the molecule is CCc1nnc([C@@H]2C(=N)S/C(=C\c3ccc(-c4ccc([N+](=O)[O-])cc4Br)o3)C2=O)s1. The standard InChI is InChI=1S/C19H13BrN4O4S2/c1-2-15-22-23-19(30-15)16-17(25)14(29-18(16)21)8-10-4-6-13(28-10)11-5-3-9(24(26)27)7-12(11)20/h3-8,16,21H,2H2,1H3/b14-8-,21-18?/t16-/m0/s1. The van der Waals surface area contributed by atoms with Gasteiger partial charge >= 0.3 is 0 Å². The van der Waals surface area contributed by atoms with Crippen molar-refractivity contribution < 1.29 is 14.1 Å². The van der Waals surface area contributed by atoms with Crippen molar-refractivity contribution in [3.8, 4) is 11.3 Å². The third-order valence-electron chi connectivity index (χ3n) is 4.35. The molecule has 0 spiro atoms. The van der Waals surface area contributed by atoms with Crippen LogP contribution < -0.4 is 0 Å². The molecular formula is C19H13BrN4O4S2. The molecule has 152 valence electrons. The smallest absolute Gasteiger partial charge is 0.270 e. The predicted molar refractivity (Wildman–Crippen MR) is 119 cm³/mol. The van der Waals surface area contributed by atoms with Gasteiger partial charge in [-0.25, -0.2) is 0 Å². The Balaban J connectivity index is 1.59. The second kappa shape index (κ2) is 8.25. The normalized spacial score (nSPS) is 17.8. The number of Topliss-reactive ketones (excluding diaryl/α,β-unsaturated/α-hetero) is 1. The van der Waals surface area contributed by atoms with Gasteiger partial charge in [-0.2, -0.15) is 0 Å². The summed E-state index contributed by atoms with van der Waals surface area (Å²) in [5, 5.41) is 28.8. The number of nitro groups is 1. The Morgan fingerprint density at radius 2 is 2.13 bits per heavy atom. The number of aryl methyl sites for hydroxylation is 1. The Bertz CT molecular complexity index is 1220. The highest BCUT2D eigenvalue weighted by molar-refractivity contribution is 9.10. The molecule has 1 aromatic carbocycles. The van der Waals surface area contributed by atoms with Crippen molar-refractivity contribution >= 4 is 61.6 Å². The minimum absolute atomic E-state index is 0.0278. The van der Waals surface area contributed by atoms with Crippen molar-refractivity contribution in [1.82, 2.24) is 10.2 Å². The number of hydrogen-bond acceptors (Lipinski definition) is 9. The number of nitrogens with one attached hydrogen (secondary N) is 1. The topological polar surface area (TPSA) is 123 Å². The zero-order chi connectivity index (χ0) is 21.4. The first-order valence-corrected chi connectivity index (χ1v) is 11.2. The molecule has 0 amide bonds. The van der Waals surface area contributed by atoms with E-state index in [1.807, 2.05) is 6.92 Å². The zero-order valence-corrected chi connectivity index (χ0v) is 18.6. The van der Waals surface area contributed by atoms with Gasteiger partial charge < -0.3 is 4.42 Å². The van der Waals surface area contributed by atoms with E-state index < -0.39 is 10.8 Å². The van der Waals surface area contributed by atoms with Gasteiger partial charge in [-0.3, -0.25) is 20.3 Å². The van der Waals surface area contributed by atoms with E-state index in [-0.39, 0.29) is 16.5 Å². The second-order valence-electron chi connectivity index (χ2n) is 6.28. The molecule has 1 aliphatic heterocycles. The molecule has 0 aliphatic carbocycles. The van der Waals surface area contributed by atoms with Crippen LogP contribution in [0.25, 0.3) is 17.4 Å². The van der Waals surface area contributed by atoms with E-state index in [9.17, 15) is 14.9 Å². The summed E-state index contributed by atoms with van der Waals surface area (Å²) in [4.78, 5) is 23.7. The Morgan fingerprint density at radius 3 is 2.80 bits per heavy atom. The van der Waals surface area contributed by atoms with Gasteiger partial charge in [-0.1, -0.05) is 18.7 Å². The maximum Gasteiger partial charge on any atom is 0.270 e. The minimum Gasteiger partial charge on any atom is -0.457 e. The summed E-state index contributed by atoms with van der Waals surface area (Å²) in [5.41, 5.74) is 0.627. The number of thioether (sulfide) groups is 1. The summed E-state index contributed by atoms with van der Waals surface area (Å²) in [6.45, 7) is 1.96. The number of nitrogens with zero attached hydrogens (tertiary/aromatic N) is 3. The van der Waals surface area contributed by atoms with Crippen LogP contribution >= 0.6 is 39.0 Å². The molecule has 8 nitrogen and oxygen atoms in total. The number of furan rings is 1. The van der Waals surface area contributed by atoms with Crippen LogP contribution in [0.5, 0.6) is 0 Å². The van der Waals surface area contributed by atoms with Crippen LogP contribution in [0.15, 0.2) is 44.1 Å². The van der Waals surface area contributed by atoms with E-state index in [1.165, 1.54) is 23.5 Å². The first kappa shape index (κ1) is 20.6. The molecule has 0 bridgehead atoms. The summed E-state index contributed by atoms with van der Waals surface area (Å²) < 4.78 is 6.35. The fourth-order valence-electron chi connectivity index (χ4n) is 2.86. The summed E-state index contributed by atoms with van der Waals surface area (Å²) in [6.07, 6.45) is 2.33. The number of carbonyl (C=O) groups excluding carboxylic acids is 1. The molecule has 30 heavy (non-hydrogen) atoms. The van der Waals surface area contributed by atoms with Crippen LogP contribution in [0, 0.1) is 15.5 Å². The van der Waals surface area contributed by atoms with Crippen molar-refractivity contribution in [2.75, 3.05) is 0 Å². The quantitative estimate of drug-likeness (QED) is 0.278. The second-order valence-corrected chi connectivity index (χ2v) is 9.31. The highest BCUT2D eigenvalue weighted by Crippen LogP contribution is 2.42. The highest BCUT2D eigenvalue weighted by Gasteiger charge is 2.39. The number of non-ortho nitro benzene ring substituents is 1. The Labute approximate surface area is 187 Å².